The predicted octanol–water partition coefficient (Wildman–Crippen LogP) is 1.23. The van der Waals surface area contributed by atoms with Gasteiger partial charge in [-0.2, -0.15) is 0 Å². The fourth-order valence-electron chi connectivity index (χ4n) is 3.45. The van der Waals surface area contributed by atoms with Crippen LogP contribution < -0.4 is 0 Å². The molecule has 0 N–H and O–H groups in total. The zero-order valence-corrected chi connectivity index (χ0v) is 15.4. The maximum absolute atomic E-state index is 5.93. The first-order valence-corrected chi connectivity index (χ1v) is 9.71. The van der Waals surface area contributed by atoms with Crippen molar-refractivity contribution < 1.29 is 9.47 Å². The quantitative estimate of drug-likeness (QED) is 0.763. The molecule has 25 heavy (non-hydrogen) atoms. The van der Waals surface area contributed by atoms with Gasteiger partial charge in [-0.15, -0.1) is 16.4 Å². The van der Waals surface area contributed by atoms with Crippen molar-refractivity contribution in [2.75, 3.05) is 33.4 Å². The maximum Gasteiger partial charge on any atom is 0.181 e. The summed E-state index contributed by atoms with van der Waals surface area (Å²) in [7, 11) is 1.68. The first kappa shape index (κ1) is 17.0. The summed E-state index contributed by atoms with van der Waals surface area (Å²) in [6.07, 6.45) is 4.83. The smallest absolute Gasteiger partial charge is 0.181 e. The van der Waals surface area contributed by atoms with Crippen LogP contribution in [-0.2, 0) is 35.4 Å². The number of hydrogen-bond acceptors (Lipinski definition) is 8. The van der Waals surface area contributed by atoms with E-state index in [9.17, 15) is 0 Å². The molecule has 0 radical (unpaired) electrons. The van der Waals surface area contributed by atoms with Gasteiger partial charge in [0.25, 0.3) is 0 Å². The number of fused-ring (bicyclic) bond motifs is 1. The average Bonchev–Trinajstić information content (AvgIpc) is 3.26. The number of nitrogens with zero attached hydrogens (tertiary/aromatic N) is 6. The number of tetrazole rings is 1. The van der Waals surface area contributed by atoms with Gasteiger partial charge in [0.2, 0.25) is 0 Å². The molecule has 4 rings (SSSR count). The number of aryl methyl sites for hydroxylation is 2. The number of morpholine rings is 1. The zero-order valence-electron chi connectivity index (χ0n) is 14.6. The molecule has 9 heteroatoms. The highest BCUT2D eigenvalue weighted by atomic mass is 32.1. The standard InChI is InChI=1S/C16H24N6O2S/c1-23-8-7-22-16(18-19-20-22)13-10-21(6-9-24-13)11-15-17-12-4-2-3-5-14(12)25-15/h13H,2-11H2,1H3. The van der Waals surface area contributed by atoms with E-state index in [-0.39, 0.29) is 6.10 Å². The van der Waals surface area contributed by atoms with Gasteiger partial charge in [0.15, 0.2) is 5.82 Å². The van der Waals surface area contributed by atoms with Crippen LogP contribution in [0.5, 0.6) is 0 Å². The van der Waals surface area contributed by atoms with E-state index in [1.54, 1.807) is 11.8 Å². The first-order chi connectivity index (χ1) is 12.3. The molecule has 0 saturated carbocycles. The molecule has 0 amide bonds. The van der Waals surface area contributed by atoms with E-state index < -0.39 is 0 Å². The molecule has 2 aromatic heterocycles. The molecule has 1 saturated heterocycles. The number of ether oxygens (including phenoxy) is 2. The van der Waals surface area contributed by atoms with Gasteiger partial charge in [-0.3, -0.25) is 4.90 Å². The number of hydrogen-bond donors (Lipinski definition) is 0. The Hall–Kier alpha value is -1.42. The van der Waals surface area contributed by atoms with Crippen LogP contribution in [0.2, 0.25) is 0 Å². The maximum atomic E-state index is 5.93. The lowest BCUT2D eigenvalue weighted by Crippen LogP contribution is -2.39. The van der Waals surface area contributed by atoms with Gasteiger partial charge >= 0.3 is 0 Å². The van der Waals surface area contributed by atoms with Crippen LogP contribution in [0.25, 0.3) is 0 Å². The molecule has 1 aliphatic heterocycles. The van der Waals surface area contributed by atoms with Gasteiger partial charge < -0.3 is 9.47 Å². The largest absolute Gasteiger partial charge is 0.383 e. The van der Waals surface area contributed by atoms with Gasteiger partial charge in [-0.1, -0.05) is 0 Å². The van der Waals surface area contributed by atoms with Gasteiger partial charge in [0.1, 0.15) is 11.1 Å². The number of rotatable bonds is 6. The summed E-state index contributed by atoms with van der Waals surface area (Å²) in [5, 5.41) is 13.2. The van der Waals surface area contributed by atoms with Gasteiger partial charge in [-0.05, 0) is 36.1 Å². The highest BCUT2D eigenvalue weighted by Crippen LogP contribution is 2.28. The lowest BCUT2D eigenvalue weighted by molar-refractivity contribution is -0.0397. The second-order valence-corrected chi connectivity index (χ2v) is 7.70. The number of aromatic nitrogens is 5. The van der Waals surface area contributed by atoms with Crippen molar-refractivity contribution in [3.63, 3.8) is 0 Å². The second-order valence-electron chi connectivity index (χ2n) is 6.53. The molecule has 3 heterocycles. The van der Waals surface area contributed by atoms with Crippen molar-refractivity contribution in [1.82, 2.24) is 30.1 Å². The minimum Gasteiger partial charge on any atom is -0.383 e. The fourth-order valence-corrected chi connectivity index (χ4v) is 4.65. The molecule has 1 fully saturated rings. The van der Waals surface area contributed by atoms with Crippen LogP contribution in [0.15, 0.2) is 0 Å². The summed E-state index contributed by atoms with van der Waals surface area (Å²) in [6.45, 7) is 4.50. The summed E-state index contributed by atoms with van der Waals surface area (Å²) in [4.78, 5) is 8.76. The normalized spacial score (nSPS) is 21.4. The summed E-state index contributed by atoms with van der Waals surface area (Å²) in [6, 6.07) is 0. The minimum atomic E-state index is -0.102. The fraction of sp³-hybridized carbons (Fsp3) is 0.750. The minimum absolute atomic E-state index is 0.102. The van der Waals surface area contributed by atoms with Crippen molar-refractivity contribution in [1.29, 1.82) is 0 Å². The lowest BCUT2D eigenvalue weighted by Gasteiger charge is -2.31. The summed E-state index contributed by atoms with van der Waals surface area (Å²) < 4.78 is 12.8. The van der Waals surface area contributed by atoms with Gasteiger partial charge in [-0.25, -0.2) is 9.67 Å². The molecule has 1 atom stereocenters. The Balaban J connectivity index is 1.41. The summed E-state index contributed by atoms with van der Waals surface area (Å²) >= 11 is 1.89. The molecule has 0 spiro atoms. The monoisotopic (exact) mass is 364 g/mol. The van der Waals surface area contributed by atoms with Crippen LogP contribution >= 0.6 is 11.3 Å². The molecule has 1 aliphatic carbocycles. The molecule has 8 nitrogen and oxygen atoms in total. The van der Waals surface area contributed by atoms with E-state index in [0.29, 0.717) is 19.8 Å². The third-order valence-corrected chi connectivity index (χ3v) is 5.90. The topological polar surface area (TPSA) is 78.2 Å². The third kappa shape index (κ3) is 3.89. The SMILES string of the molecule is COCCn1nnnc1C1CN(Cc2nc3c(s2)CCCC3)CCO1. The number of methoxy groups -OCH3 is 1. The molecule has 2 aromatic rings. The third-order valence-electron chi connectivity index (χ3n) is 4.75. The van der Waals surface area contributed by atoms with Crippen LogP contribution in [0.1, 0.15) is 40.3 Å². The van der Waals surface area contributed by atoms with Crippen LogP contribution in [-0.4, -0.2) is 63.5 Å². The predicted molar refractivity (Wildman–Crippen MR) is 92.4 cm³/mol. The Morgan fingerprint density at radius 3 is 3.12 bits per heavy atom. The van der Waals surface area contributed by atoms with E-state index in [1.807, 2.05) is 11.3 Å². The van der Waals surface area contributed by atoms with E-state index >= 15 is 0 Å². The van der Waals surface area contributed by atoms with Crippen LogP contribution in [0, 0.1) is 0 Å². The lowest BCUT2D eigenvalue weighted by atomic mass is 10.0. The van der Waals surface area contributed by atoms with Crippen molar-refractivity contribution >= 4 is 11.3 Å². The molecule has 2 aliphatic rings. The second kappa shape index (κ2) is 7.86. The Kier molecular flexibility index (Phi) is 5.35. The first-order valence-electron chi connectivity index (χ1n) is 8.90. The molecule has 136 valence electrons. The summed E-state index contributed by atoms with van der Waals surface area (Å²) in [5.74, 6) is 0.778. The Labute approximate surface area is 151 Å². The van der Waals surface area contributed by atoms with Crippen molar-refractivity contribution in [2.24, 2.45) is 0 Å². The van der Waals surface area contributed by atoms with Crippen molar-refractivity contribution in [2.45, 2.75) is 44.9 Å². The van der Waals surface area contributed by atoms with E-state index in [0.717, 1.165) is 31.9 Å². The molecule has 1 unspecified atom stereocenters. The Morgan fingerprint density at radius 2 is 2.24 bits per heavy atom. The van der Waals surface area contributed by atoms with E-state index in [2.05, 4.69) is 20.4 Å². The number of thiazole rings is 1. The van der Waals surface area contributed by atoms with E-state index in [1.165, 1.54) is 34.8 Å². The highest BCUT2D eigenvalue weighted by molar-refractivity contribution is 7.11. The van der Waals surface area contributed by atoms with Gasteiger partial charge in [0, 0.05) is 25.1 Å². The van der Waals surface area contributed by atoms with Crippen LogP contribution in [0.4, 0.5) is 0 Å². The van der Waals surface area contributed by atoms with Crippen molar-refractivity contribution in [3.8, 4) is 0 Å². The summed E-state index contributed by atoms with van der Waals surface area (Å²) in [5.41, 5.74) is 1.33. The van der Waals surface area contributed by atoms with Crippen molar-refractivity contribution in [3.05, 3.63) is 21.4 Å². The van der Waals surface area contributed by atoms with E-state index in [4.69, 9.17) is 14.5 Å². The molecule has 0 aromatic carbocycles. The Morgan fingerprint density at radius 1 is 1.32 bits per heavy atom. The molecular weight excluding hydrogens is 340 g/mol. The zero-order chi connectivity index (χ0) is 17.1. The van der Waals surface area contributed by atoms with Gasteiger partial charge in [0.05, 0.1) is 32.0 Å². The molecule has 0 bridgehead atoms. The van der Waals surface area contributed by atoms with Crippen LogP contribution in [0.3, 0.4) is 0 Å². The average molecular weight is 364 g/mol. The molecular formula is C16H24N6O2S. The Bertz CT molecular complexity index is 679. The highest BCUT2D eigenvalue weighted by Gasteiger charge is 2.27.